The van der Waals surface area contributed by atoms with E-state index in [0.717, 1.165) is 0 Å². The van der Waals surface area contributed by atoms with E-state index in [4.69, 9.17) is 33.2 Å². The maximum absolute atomic E-state index is 11.5. The highest BCUT2D eigenvalue weighted by Crippen LogP contribution is 2.31. The van der Waals surface area contributed by atoms with E-state index in [9.17, 15) is 40.5 Å². The molecule has 3 aliphatic heterocycles. The lowest BCUT2D eigenvalue weighted by atomic mass is 9.86. The lowest BCUT2D eigenvalue weighted by Crippen LogP contribution is -2.60. The van der Waals surface area contributed by atoms with Crippen molar-refractivity contribution in [2.45, 2.75) is 80.5 Å². The van der Waals surface area contributed by atoms with Crippen molar-refractivity contribution >= 4 is 5.97 Å². The van der Waals surface area contributed by atoms with Crippen molar-refractivity contribution in [1.82, 2.24) is 0 Å². The molecule has 0 aliphatic carbocycles. The number of carboxylic acid groups (broad SMARTS) is 1. The van der Waals surface area contributed by atoms with Gasteiger partial charge >= 0.3 is 5.97 Å². The zero-order chi connectivity index (χ0) is 30.3. The summed E-state index contributed by atoms with van der Waals surface area (Å²) < 4.78 is 38.3. The fraction of sp³-hybridized carbons (Fsp3) is 0.962. The highest BCUT2D eigenvalue weighted by atomic mass is 16.6. The lowest BCUT2D eigenvalue weighted by molar-refractivity contribution is -0.242. The van der Waals surface area contributed by atoms with Gasteiger partial charge in [0.25, 0.3) is 0 Å². The molecule has 3 rings (SSSR count). The minimum atomic E-state index is -1.60. The molecule has 0 bridgehead atoms. The van der Waals surface area contributed by atoms with E-state index in [2.05, 4.69) is 0 Å². The first kappa shape index (κ1) is 34.4. The molecule has 0 aromatic carbocycles. The number of aliphatic carboxylic acids is 1. The summed E-state index contributed by atoms with van der Waals surface area (Å²) >= 11 is 0. The van der Waals surface area contributed by atoms with Gasteiger partial charge in [-0.1, -0.05) is 0 Å². The largest absolute Gasteiger partial charge is 0.479 e. The van der Waals surface area contributed by atoms with Crippen molar-refractivity contribution in [2.75, 3.05) is 60.5 Å². The SMILES string of the molecule is COCC1CC(C)O[C@H](COCC2C(O)[C@@H](COCC3C(O)[C@@H](COC)OC(C(=O)O)[C@@H]3O)OC(CO)[C@@H]2O)C1O. The predicted molar refractivity (Wildman–Crippen MR) is 137 cm³/mol. The molecular formula is C26H46O15. The zero-order valence-electron chi connectivity index (χ0n) is 23.6. The molecule has 0 aromatic heterocycles. The van der Waals surface area contributed by atoms with Crippen LogP contribution in [-0.4, -0.2) is 169 Å². The molecule has 0 amide bonds. The second kappa shape index (κ2) is 16.1. The molecule has 15 nitrogen and oxygen atoms in total. The summed E-state index contributed by atoms with van der Waals surface area (Å²) in [7, 11) is 2.92. The standard InChI is InChI=1S/C26H46O15/c1-12-4-13(6-35-2)20(28)18(39-12)10-37-7-14-21(29)16(5-27)40-19(22(14)30)11-38-8-15-23(31)17(9-36-3)41-25(24(15)32)26(33)34/h12-25,27-32H,4-11H2,1-3H3,(H,33,34)/t12?,13?,14?,15?,16?,17-,18-,19-,20?,21-,22?,23?,24-,25?/m1/s1. The van der Waals surface area contributed by atoms with Gasteiger partial charge in [-0.15, -0.1) is 0 Å². The first-order chi connectivity index (χ1) is 19.5. The van der Waals surface area contributed by atoms with Gasteiger partial charge in [0.1, 0.15) is 24.4 Å². The Hall–Kier alpha value is -1.05. The molecule has 240 valence electrons. The molecule has 7 N–H and O–H groups in total. The van der Waals surface area contributed by atoms with Crippen molar-refractivity contribution in [3.63, 3.8) is 0 Å². The first-order valence-electron chi connectivity index (χ1n) is 13.9. The number of hydrogen-bond acceptors (Lipinski definition) is 14. The second-order valence-electron chi connectivity index (χ2n) is 11.1. The summed E-state index contributed by atoms with van der Waals surface area (Å²) in [6, 6.07) is 0. The normalized spacial score (nSPS) is 43.6. The highest BCUT2D eigenvalue weighted by Gasteiger charge is 2.48. The predicted octanol–water partition coefficient (Wildman–Crippen LogP) is -3.25. The molecule has 14 atom stereocenters. The molecule has 0 aromatic rings. The number of methoxy groups -OCH3 is 2. The lowest BCUT2D eigenvalue weighted by Gasteiger charge is -2.43. The first-order valence-corrected chi connectivity index (χ1v) is 13.9. The molecule has 3 fully saturated rings. The third-order valence-corrected chi connectivity index (χ3v) is 8.10. The van der Waals surface area contributed by atoms with Crippen LogP contribution in [0.3, 0.4) is 0 Å². The van der Waals surface area contributed by atoms with Crippen LogP contribution in [0.15, 0.2) is 0 Å². The highest BCUT2D eigenvalue weighted by molar-refractivity contribution is 5.73. The Morgan fingerprint density at radius 3 is 1.73 bits per heavy atom. The van der Waals surface area contributed by atoms with Crippen LogP contribution in [0.25, 0.3) is 0 Å². The summed E-state index contributed by atoms with van der Waals surface area (Å²) in [5.41, 5.74) is 0. The molecule has 9 unspecified atom stereocenters. The van der Waals surface area contributed by atoms with E-state index in [0.29, 0.717) is 13.0 Å². The number of carbonyl (C=O) groups is 1. The van der Waals surface area contributed by atoms with Gasteiger partial charge in [-0.25, -0.2) is 4.79 Å². The van der Waals surface area contributed by atoms with Crippen LogP contribution in [0.1, 0.15) is 13.3 Å². The van der Waals surface area contributed by atoms with Crippen LogP contribution in [0.4, 0.5) is 0 Å². The summed E-state index contributed by atoms with van der Waals surface area (Å²) in [6.07, 6.45) is -11.0. The second-order valence-corrected chi connectivity index (χ2v) is 11.1. The topological polar surface area (TPSA) is 223 Å². The Kier molecular flexibility index (Phi) is 13.6. The summed E-state index contributed by atoms with van der Waals surface area (Å²) in [5.74, 6) is -3.46. The van der Waals surface area contributed by atoms with Gasteiger partial charge in [0.05, 0.1) is 82.9 Å². The summed E-state index contributed by atoms with van der Waals surface area (Å²) in [5, 5.41) is 72.6. The molecular weight excluding hydrogens is 552 g/mol. The van der Waals surface area contributed by atoms with Crippen LogP contribution >= 0.6 is 0 Å². The number of rotatable bonds is 14. The number of aliphatic hydroxyl groups is 6. The number of aliphatic hydroxyl groups excluding tert-OH is 6. The van der Waals surface area contributed by atoms with Gasteiger partial charge in [-0.3, -0.25) is 0 Å². The van der Waals surface area contributed by atoms with Crippen LogP contribution in [-0.2, 0) is 38.0 Å². The molecule has 15 heteroatoms. The summed E-state index contributed by atoms with van der Waals surface area (Å²) in [4.78, 5) is 11.5. The van der Waals surface area contributed by atoms with Gasteiger partial charge in [-0.2, -0.15) is 0 Å². The van der Waals surface area contributed by atoms with Crippen molar-refractivity contribution in [1.29, 1.82) is 0 Å². The third kappa shape index (κ3) is 8.53. The van der Waals surface area contributed by atoms with E-state index in [1.165, 1.54) is 7.11 Å². The number of hydrogen-bond donors (Lipinski definition) is 7. The fourth-order valence-corrected chi connectivity index (χ4v) is 5.84. The van der Waals surface area contributed by atoms with Crippen molar-refractivity contribution < 1.29 is 73.7 Å². The van der Waals surface area contributed by atoms with E-state index >= 15 is 0 Å². The molecule has 3 aliphatic rings. The quantitative estimate of drug-likeness (QED) is 0.104. The number of ether oxygens (including phenoxy) is 7. The Bertz CT molecular complexity index is 788. The van der Waals surface area contributed by atoms with E-state index in [1.807, 2.05) is 6.92 Å². The van der Waals surface area contributed by atoms with E-state index < -0.39 is 85.5 Å². The minimum Gasteiger partial charge on any atom is -0.479 e. The van der Waals surface area contributed by atoms with Gasteiger partial charge in [0, 0.05) is 32.0 Å². The zero-order valence-corrected chi connectivity index (χ0v) is 23.6. The smallest absolute Gasteiger partial charge is 0.335 e. The van der Waals surface area contributed by atoms with E-state index in [1.54, 1.807) is 7.11 Å². The Morgan fingerprint density at radius 2 is 1.20 bits per heavy atom. The maximum atomic E-state index is 11.5. The van der Waals surface area contributed by atoms with Gasteiger partial charge in [-0.05, 0) is 13.3 Å². The average molecular weight is 599 g/mol. The van der Waals surface area contributed by atoms with Crippen LogP contribution < -0.4 is 0 Å². The Morgan fingerprint density at radius 1 is 0.683 bits per heavy atom. The monoisotopic (exact) mass is 598 g/mol. The maximum Gasteiger partial charge on any atom is 0.335 e. The van der Waals surface area contributed by atoms with Gasteiger partial charge in [0.2, 0.25) is 0 Å². The van der Waals surface area contributed by atoms with Gasteiger partial charge < -0.3 is 68.9 Å². The third-order valence-electron chi connectivity index (χ3n) is 8.10. The van der Waals surface area contributed by atoms with E-state index in [-0.39, 0.29) is 45.1 Å². The Labute approximate surface area is 238 Å². The van der Waals surface area contributed by atoms with Crippen molar-refractivity contribution in [3.8, 4) is 0 Å². The molecule has 0 radical (unpaired) electrons. The molecule has 0 spiro atoms. The molecule has 3 heterocycles. The number of carboxylic acids is 1. The molecule has 41 heavy (non-hydrogen) atoms. The van der Waals surface area contributed by atoms with Crippen LogP contribution in [0.5, 0.6) is 0 Å². The van der Waals surface area contributed by atoms with Crippen LogP contribution in [0.2, 0.25) is 0 Å². The average Bonchev–Trinajstić information content (AvgIpc) is 2.93. The van der Waals surface area contributed by atoms with Gasteiger partial charge in [0.15, 0.2) is 6.10 Å². The summed E-state index contributed by atoms with van der Waals surface area (Å²) in [6.45, 7) is 0.920. The molecule has 3 saturated heterocycles. The molecule has 0 saturated carbocycles. The van der Waals surface area contributed by atoms with Crippen LogP contribution in [0, 0.1) is 17.8 Å². The Balaban J connectivity index is 1.57. The van der Waals surface area contributed by atoms with Crippen molar-refractivity contribution in [3.05, 3.63) is 0 Å². The fourth-order valence-electron chi connectivity index (χ4n) is 5.84. The minimum absolute atomic E-state index is 0.000386. The van der Waals surface area contributed by atoms with Crippen molar-refractivity contribution in [2.24, 2.45) is 17.8 Å².